The Labute approximate surface area is 163 Å². The van der Waals surface area contributed by atoms with E-state index in [1.807, 2.05) is 0 Å². The number of hydrogen-bond donors (Lipinski definition) is 1. The Balaban J connectivity index is 1.71. The third-order valence-electron chi connectivity index (χ3n) is 5.46. The van der Waals surface area contributed by atoms with Crippen LogP contribution < -0.4 is 0 Å². The second-order valence-electron chi connectivity index (χ2n) is 7.26. The molecule has 1 saturated heterocycles. The van der Waals surface area contributed by atoms with E-state index in [1.54, 1.807) is 35.0 Å². The summed E-state index contributed by atoms with van der Waals surface area (Å²) in [4.78, 5) is 29.1. The van der Waals surface area contributed by atoms with Gasteiger partial charge in [0, 0.05) is 31.1 Å². The lowest BCUT2D eigenvalue weighted by atomic mass is 10.0. The van der Waals surface area contributed by atoms with E-state index in [-0.39, 0.29) is 23.8 Å². The molecule has 26 heavy (non-hydrogen) atoms. The maximum atomic E-state index is 12.9. The molecule has 0 radical (unpaired) electrons. The minimum Gasteiger partial charge on any atom is -0.393 e. The van der Waals surface area contributed by atoms with Crippen molar-refractivity contribution in [3.05, 3.63) is 33.8 Å². The number of carbonyl (C=O) groups excluding carboxylic acids is 2. The van der Waals surface area contributed by atoms with Crippen LogP contribution in [0, 0.1) is 5.92 Å². The number of likely N-dealkylation sites (N-methyl/N-ethyl adjacent to an activating group) is 1. The molecule has 1 aliphatic carbocycles. The normalized spacial score (nSPS) is 25.5. The van der Waals surface area contributed by atoms with Gasteiger partial charge < -0.3 is 14.9 Å². The van der Waals surface area contributed by atoms with Crippen molar-refractivity contribution in [2.45, 2.75) is 44.2 Å². The van der Waals surface area contributed by atoms with Gasteiger partial charge in [-0.1, -0.05) is 29.6 Å². The molecule has 0 aromatic heterocycles. The van der Waals surface area contributed by atoms with E-state index in [1.165, 1.54) is 0 Å². The summed E-state index contributed by atoms with van der Waals surface area (Å²) >= 11 is 12.2. The summed E-state index contributed by atoms with van der Waals surface area (Å²) in [5, 5.41) is 10.8. The van der Waals surface area contributed by atoms with Crippen molar-refractivity contribution < 1.29 is 14.7 Å². The number of amides is 2. The zero-order valence-corrected chi connectivity index (χ0v) is 16.3. The fraction of sp³-hybridized carbons (Fsp3) is 0.579. The van der Waals surface area contributed by atoms with E-state index in [2.05, 4.69) is 0 Å². The Morgan fingerprint density at radius 2 is 2.00 bits per heavy atom. The van der Waals surface area contributed by atoms with Gasteiger partial charge in [-0.3, -0.25) is 9.59 Å². The van der Waals surface area contributed by atoms with Gasteiger partial charge in [-0.25, -0.2) is 0 Å². The van der Waals surface area contributed by atoms with Crippen LogP contribution in [0.3, 0.4) is 0 Å². The molecule has 2 aliphatic rings. The van der Waals surface area contributed by atoms with E-state index in [9.17, 15) is 14.7 Å². The monoisotopic (exact) mass is 398 g/mol. The minimum atomic E-state index is -0.485. The van der Waals surface area contributed by atoms with Crippen LogP contribution in [0.25, 0.3) is 0 Å². The Hall–Kier alpha value is -1.30. The molecule has 7 heteroatoms. The van der Waals surface area contributed by atoms with Crippen LogP contribution in [-0.2, 0) is 4.79 Å². The van der Waals surface area contributed by atoms with E-state index in [4.69, 9.17) is 23.2 Å². The van der Waals surface area contributed by atoms with Crippen molar-refractivity contribution in [2.75, 3.05) is 20.1 Å². The minimum absolute atomic E-state index is 0.0758. The first-order chi connectivity index (χ1) is 12.4. The van der Waals surface area contributed by atoms with Crippen molar-refractivity contribution in [1.29, 1.82) is 0 Å². The molecule has 2 fully saturated rings. The van der Waals surface area contributed by atoms with Gasteiger partial charge in [0.1, 0.15) is 6.04 Å². The number of nitrogens with zero attached hydrogens (tertiary/aromatic N) is 2. The number of carbonyl (C=O) groups is 2. The first kappa shape index (κ1) is 19.5. The average Bonchev–Trinajstić information content (AvgIpc) is 3.25. The zero-order valence-electron chi connectivity index (χ0n) is 14.8. The maximum Gasteiger partial charge on any atom is 0.256 e. The fourth-order valence-electron chi connectivity index (χ4n) is 4.01. The molecule has 0 spiro atoms. The van der Waals surface area contributed by atoms with Gasteiger partial charge in [0.05, 0.1) is 16.7 Å². The van der Waals surface area contributed by atoms with E-state index in [0.29, 0.717) is 35.1 Å². The number of rotatable bonds is 4. The van der Waals surface area contributed by atoms with Crippen molar-refractivity contribution in [1.82, 2.24) is 9.80 Å². The maximum absolute atomic E-state index is 12.9. The largest absolute Gasteiger partial charge is 0.393 e. The number of aliphatic hydroxyl groups is 1. The van der Waals surface area contributed by atoms with E-state index >= 15 is 0 Å². The lowest BCUT2D eigenvalue weighted by molar-refractivity contribution is -0.134. The van der Waals surface area contributed by atoms with E-state index in [0.717, 1.165) is 25.7 Å². The predicted octanol–water partition coefficient (Wildman–Crippen LogP) is 3.22. The molecular weight excluding hydrogens is 375 g/mol. The van der Waals surface area contributed by atoms with Gasteiger partial charge in [-0.05, 0) is 43.9 Å². The number of halogens is 2. The Bertz CT molecular complexity index is 697. The second-order valence-corrected chi connectivity index (χ2v) is 8.10. The first-order valence-corrected chi connectivity index (χ1v) is 9.83. The van der Waals surface area contributed by atoms with Gasteiger partial charge >= 0.3 is 0 Å². The highest BCUT2D eigenvalue weighted by Crippen LogP contribution is 2.29. The van der Waals surface area contributed by atoms with Crippen molar-refractivity contribution in [2.24, 2.45) is 5.92 Å². The Morgan fingerprint density at radius 3 is 2.69 bits per heavy atom. The van der Waals surface area contributed by atoms with Gasteiger partial charge in [0.2, 0.25) is 5.91 Å². The quantitative estimate of drug-likeness (QED) is 0.846. The highest BCUT2D eigenvalue weighted by molar-refractivity contribution is 6.35. The Morgan fingerprint density at radius 1 is 1.23 bits per heavy atom. The molecule has 1 saturated carbocycles. The smallest absolute Gasteiger partial charge is 0.256 e. The second kappa shape index (κ2) is 8.15. The van der Waals surface area contributed by atoms with Gasteiger partial charge in [0.25, 0.3) is 5.91 Å². The molecule has 1 aliphatic heterocycles. The average molecular weight is 399 g/mol. The molecular formula is C19H24Cl2N2O3. The van der Waals surface area contributed by atoms with Crippen molar-refractivity contribution >= 4 is 35.0 Å². The van der Waals surface area contributed by atoms with Crippen LogP contribution >= 0.6 is 23.2 Å². The van der Waals surface area contributed by atoms with Gasteiger partial charge in [-0.2, -0.15) is 0 Å². The predicted molar refractivity (Wildman–Crippen MR) is 102 cm³/mol. The number of benzene rings is 1. The molecule has 2 amide bonds. The van der Waals surface area contributed by atoms with Crippen LogP contribution in [0.4, 0.5) is 0 Å². The summed E-state index contributed by atoms with van der Waals surface area (Å²) in [6.07, 6.45) is 3.81. The molecule has 1 aromatic rings. The Kier molecular flexibility index (Phi) is 6.10. The highest BCUT2D eigenvalue weighted by Gasteiger charge is 2.38. The summed E-state index contributed by atoms with van der Waals surface area (Å²) in [6.45, 7) is 1.05. The summed E-state index contributed by atoms with van der Waals surface area (Å²) < 4.78 is 0. The molecule has 1 N–H and O–H groups in total. The van der Waals surface area contributed by atoms with Crippen LogP contribution in [-0.4, -0.2) is 59.0 Å². The summed E-state index contributed by atoms with van der Waals surface area (Å²) in [7, 11) is 1.75. The van der Waals surface area contributed by atoms with E-state index < -0.39 is 6.04 Å². The van der Waals surface area contributed by atoms with Crippen molar-refractivity contribution in [3.8, 4) is 0 Å². The highest BCUT2D eigenvalue weighted by atomic mass is 35.5. The summed E-state index contributed by atoms with van der Waals surface area (Å²) in [5.74, 6) is -0.215. The lowest BCUT2D eigenvalue weighted by Crippen LogP contribution is -2.48. The zero-order chi connectivity index (χ0) is 18.8. The number of hydrogen-bond acceptors (Lipinski definition) is 3. The van der Waals surface area contributed by atoms with Crippen LogP contribution in [0.15, 0.2) is 18.2 Å². The number of aliphatic hydroxyl groups excluding tert-OH is 1. The molecule has 0 unspecified atom stereocenters. The summed E-state index contributed by atoms with van der Waals surface area (Å²) in [6, 6.07) is 4.29. The molecule has 3 atom stereocenters. The molecule has 5 nitrogen and oxygen atoms in total. The molecule has 0 bridgehead atoms. The topological polar surface area (TPSA) is 60.9 Å². The van der Waals surface area contributed by atoms with Crippen LogP contribution in [0.5, 0.6) is 0 Å². The third kappa shape index (κ3) is 4.00. The number of likely N-dealkylation sites (tertiary alicyclic amines) is 1. The lowest BCUT2D eigenvalue weighted by Gasteiger charge is -2.30. The SMILES string of the molecule is CN(C[C@@H]1CCC[C@H]1O)C(=O)[C@@H]1CCCN1C(=O)c1cc(Cl)ccc1Cl. The van der Waals surface area contributed by atoms with Crippen LogP contribution in [0.2, 0.25) is 10.0 Å². The molecule has 142 valence electrons. The molecule has 1 heterocycles. The fourth-order valence-corrected chi connectivity index (χ4v) is 4.38. The standard InChI is InChI=1S/C19H24Cl2N2O3/c1-22(11-12-4-2-6-17(12)24)19(26)16-5-3-9-23(16)18(25)14-10-13(20)7-8-15(14)21/h7-8,10,12,16-17,24H,2-6,9,11H2,1H3/t12-,16-,17+/m0/s1. The summed E-state index contributed by atoms with van der Waals surface area (Å²) in [5.41, 5.74) is 0.327. The third-order valence-corrected chi connectivity index (χ3v) is 6.03. The first-order valence-electron chi connectivity index (χ1n) is 9.07. The van der Waals surface area contributed by atoms with Crippen LogP contribution in [0.1, 0.15) is 42.5 Å². The van der Waals surface area contributed by atoms with Gasteiger partial charge in [-0.15, -0.1) is 0 Å². The van der Waals surface area contributed by atoms with Crippen molar-refractivity contribution in [3.63, 3.8) is 0 Å². The molecule has 3 rings (SSSR count). The molecule has 1 aromatic carbocycles. The van der Waals surface area contributed by atoms with Gasteiger partial charge in [0.15, 0.2) is 0 Å².